The molecule has 1 heterocycles. The quantitative estimate of drug-likeness (QED) is 0.849. The normalized spacial score (nSPS) is 17.1. The zero-order chi connectivity index (χ0) is 14.4. The van der Waals surface area contributed by atoms with Crippen molar-refractivity contribution in [1.29, 1.82) is 0 Å². The maximum atomic E-state index is 12.8. The highest BCUT2D eigenvalue weighted by molar-refractivity contribution is 5.78. The van der Waals surface area contributed by atoms with Crippen LogP contribution in [0.1, 0.15) is 18.4 Å². The van der Waals surface area contributed by atoms with Crippen LogP contribution in [-0.2, 0) is 11.3 Å². The van der Waals surface area contributed by atoms with Gasteiger partial charge in [0.1, 0.15) is 5.82 Å². The summed E-state index contributed by atoms with van der Waals surface area (Å²) < 4.78 is 12.8. The van der Waals surface area contributed by atoms with Crippen LogP contribution in [0.4, 0.5) is 4.39 Å². The average Bonchev–Trinajstić information content (AvgIpc) is 2.47. The molecule has 0 bridgehead atoms. The molecule has 1 aromatic rings. The number of piperidine rings is 1. The zero-order valence-corrected chi connectivity index (χ0v) is 11.6. The summed E-state index contributed by atoms with van der Waals surface area (Å²) >= 11 is 0. The Hall–Kier alpha value is -1.46. The van der Waals surface area contributed by atoms with E-state index in [1.165, 1.54) is 12.1 Å². The molecule has 110 valence electrons. The van der Waals surface area contributed by atoms with E-state index in [1.54, 1.807) is 12.1 Å². The Balaban J connectivity index is 1.74. The third-order valence-corrected chi connectivity index (χ3v) is 3.78. The second kappa shape index (κ2) is 7.36. The van der Waals surface area contributed by atoms with E-state index in [0.717, 1.165) is 38.0 Å². The first-order chi connectivity index (χ1) is 9.69. The number of nitrogens with zero attached hydrogens (tertiary/aromatic N) is 1. The van der Waals surface area contributed by atoms with Crippen LogP contribution in [0.5, 0.6) is 0 Å². The van der Waals surface area contributed by atoms with Gasteiger partial charge >= 0.3 is 0 Å². The number of carbonyl (C=O) groups excluding carboxylic acids is 1. The smallest absolute Gasteiger partial charge is 0.223 e. The highest BCUT2D eigenvalue weighted by Crippen LogP contribution is 2.17. The van der Waals surface area contributed by atoms with Crippen LogP contribution in [0.15, 0.2) is 24.3 Å². The Morgan fingerprint density at radius 1 is 1.30 bits per heavy atom. The molecule has 1 fully saturated rings. The predicted molar refractivity (Wildman–Crippen MR) is 76.5 cm³/mol. The van der Waals surface area contributed by atoms with E-state index in [4.69, 9.17) is 5.73 Å². The Morgan fingerprint density at radius 2 is 1.95 bits per heavy atom. The Bertz CT molecular complexity index is 427. The van der Waals surface area contributed by atoms with Gasteiger partial charge in [-0.25, -0.2) is 4.39 Å². The SMILES string of the molecule is NCCN1CCC(C(=O)NCc2ccc(F)cc2)CC1. The van der Waals surface area contributed by atoms with Crippen LogP contribution in [0, 0.1) is 11.7 Å². The lowest BCUT2D eigenvalue weighted by molar-refractivity contribution is -0.126. The van der Waals surface area contributed by atoms with Gasteiger partial charge in [0.2, 0.25) is 5.91 Å². The van der Waals surface area contributed by atoms with E-state index in [0.29, 0.717) is 13.1 Å². The molecule has 0 aliphatic carbocycles. The zero-order valence-electron chi connectivity index (χ0n) is 11.6. The van der Waals surface area contributed by atoms with Crippen LogP contribution in [0.25, 0.3) is 0 Å². The molecular weight excluding hydrogens is 257 g/mol. The lowest BCUT2D eigenvalue weighted by Crippen LogP contribution is -2.41. The molecule has 0 radical (unpaired) electrons. The minimum atomic E-state index is -0.257. The number of nitrogens with two attached hydrogens (primary N) is 1. The summed E-state index contributed by atoms with van der Waals surface area (Å²) in [6.45, 7) is 3.91. The fourth-order valence-electron chi connectivity index (χ4n) is 2.54. The molecule has 0 saturated carbocycles. The van der Waals surface area contributed by atoms with E-state index >= 15 is 0 Å². The van der Waals surface area contributed by atoms with Crippen molar-refractivity contribution in [3.63, 3.8) is 0 Å². The summed E-state index contributed by atoms with van der Waals surface area (Å²) in [6.07, 6.45) is 1.77. The van der Waals surface area contributed by atoms with Gasteiger partial charge in [-0.1, -0.05) is 12.1 Å². The number of halogens is 1. The van der Waals surface area contributed by atoms with Crippen LogP contribution in [0.3, 0.4) is 0 Å². The standard InChI is InChI=1S/C15H22FN3O/c16-14-3-1-12(2-4-14)11-18-15(20)13-5-8-19(9-6-13)10-7-17/h1-4,13H,5-11,17H2,(H,18,20). The molecule has 1 amide bonds. The highest BCUT2D eigenvalue weighted by atomic mass is 19.1. The van der Waals surface area contributed by atoms with Crippen molar-refractivity contribution in [3.8, 4) is 0 Å². The third-order valence-electron chi connectivity index (χ3n) is 3.78. The van der Waals surface area contributed by atoms with Crippen molar-refractivity contribution in [3.05, 3.63) is 35.6 Å². The van der Waals surface area contributed by atoms with Gasteiger partial charge in [0, 0.05) is 25.6 Å². The van der Waals surface area contributed by atoms with Crippen LogP contribution >= 0.6 is 0 Å². The van der Waals surface area contributed by atoms with Crippen molar-refractivity contribution in [1.82, 2.24) is 10.2 Å². The van der Waals surface area contributed by atoms with Crippen molar-refractivity contribution in [2.75, 3.05) is 26.2 Å². The van der Waals surface area contributed by atoms with Crippen molar-refractivity contribution >= 4 is 5.91 Å². The molecule has 0 atom stereocenters. The van der Waals surface area contributed by atoms with E-state index in [2.05, 4.69) is 10.2 Å². The lowest BCUT2D eigenvalue weighted by atomic mass is 9.96. The summed E-state index contributed by atoms with van der Waals surface area (Å²) in [5, 5.41) is 2.93. The first-order valence-corrected chi connectivity index (χ1v) is 7.13. The maximum absolute atomic E-state index is 12.8. The molecular formula is C15H22FN3O. The summed E-state index contributed by atoms with van der Waals surface area (Å²) in [6, 6.07) is 6.21. The highest BCUT2D eigenvalue weighted by Gasteiger charge is 2.24. The van der Waals surface area contributed by atoms with E-state index in [1.807, 2.05) is 0 Å². The van der Waals surface area contributed by atoms with Crippen LogP contribution in [-0.4, -0.2) is 37.0 Å². The van der Waals surface area contributed by atoms with Crippen molar-refractivity contribution < 1.29 is 9.18 Å². The number of amides is 1. The Kier molecular flexibility index (Phi) is 5.49. The summed E-state index contributed by atoms with van der Waals surface area (Å²) in [7, 11) is 0. The van der Waals surface area contributed by atoms with Gasteiger partial charge in [0.25, 0.3) is 0 Å². The first kappa shape index (κ1) is 14.9. The minimum Gasteiger partial charge on any atom is -0.352 e. The first-order valence-electron chi connectivity index (χ1n) is 7.13. The molecule has 0 unspecified atom stereocenters. The Labute approximate surface area is 119 Å². The molecule has 1 saturated heterocycles. The van der Waals surface area contributed by atoms with Gasteiger partial charge < -0.3 is 16.0 Å². The number of hydrogen-bond donors (Lipinski definition) is 2. The molecule has 1 aliphatic rings. The predicted octanol–water partition coefficient (Wildman–Crippen LogP) is 1.11. The van der Waals surface area contributed by atoms with E-state index < -0.39 is 0 Å². The molecule has 5 heteroatoms. The van der Waals surface area contributed by atoms with Gasteiger partial charge in [-0.3, -0.25) is 4.79 Å². The van der Waals surface area contributed by atoms with Gasteiger partial charge in [-0.15, -0.1) is 0 Å². The largest absolute Gasteiger partial charge is 0.352 e. The summed E-state index contributed by atoms with van der Waals surface area (Å²) in [4.78, 5) is 14.4. The number of nitrogens with one attached hydrogen (secondary N) is 1. The molecule has 20 heavy (non-hydrogen) atoms. The van der Waals surface area contributed by atoms with Gasteiger partial charge in [-0.05, 0) is 43.6 Å². The Morgan fingerprint density at radius 3 is 2.55 bits per heavy atom. The van der Waals surface area contributed by atoms with Gasteiger partial charge in [-0.2, -0.15) is 0 Å². The molecule has 2 rings (SSSR count). The molecule has 0 spiro atoms. The topological polar surface area (TPSA) is 58.4 Å². The van der Waals surface area contributed by atoms with Gasteiger partial charge in [0.05, 0.1) is 0 Å². The molecule has 0 aromatic heterocycles. The maximum Gasteiger partial charge on any atom is 0.223 e. The number of carbonyl (C=O) groups is 1. The molecule has 3 N–H and O–H groups in total. The number of hydrogen-bond acceptors (Lipinski definition) is 3. The molecule has 1 aromatic carbocycles. The van der Waals surface area contributed by atoms with Gasteiger partial charge in [0.15, 0.2) is 0 Å². The molecule has 4 nitrogen and oxygen atoms in total. The van der Waals surface area contributed by atoms with Crippen LogP contribution < -0.4 is 11.1 Å². The molecule has 1 aliphatic heterocycles. The van der Waals surface area contributed by atoms with E-state index in [9.17, 15) is 9.18 Å². The number of likely N-dealkylation sites (tertiary alicyclic amines) is 1. The fraction of sp³-hybridized carbons (Fsp3) is 0.533. The van der Waals surface area contributed by atoms with Crippen molar-refractivity contribution in [2.45, 2.75) is 19.4 Å². The second-order valence-electron chi connectivity index (χ2n) is 5.25. The fourth-order valence-corrected chi connectivity index (χ4v) is 2.54. The van der Waals surface area contributed by atoms with E-state index in [-0.39, 0.29) is 17.6 Å². The summed E-state index contributed by atoms with van der Waals surface area (Å²) in [5.41, 5.74) is 6.45. The second-order valence-corrected chi connectivity index (χ2v) is 5.25. The minimum absolute atomic E-state index is 0.0875. The summed E-state index contributed by atoms with van der Waals surface area (Å²) in [5.74, 6) is -0.0708. The average molecular weight is 279 g/mol. The van der Waals surface area contributed by atoms with Crippen molar-refractivity contribution in [2.24, 2.45) is 11.7 Å². The third kappa shape index (κ3) is 4.28. The number of rotatable bonds is 5. The monoisotopic (exact) mass is 279 g/mol. The lowest BCUT2D eigenvalue weighted by Gasteiger charge is -2.30. The van der Waals surface area contributed by atoms with Crippen LogP contribution in [0.2, 0.25) is 0 Å². The number of benzene rings is 1.